The summed E-state index contributed by atoms with van der Waals surface area (Å²) in [7, 11) is 0. The summed E-state index contributed by atoms with van der Waals surface area (Å²) in [5.74, 6) is 1.11. The summed E-state index contributed by atoms with van der Waals surface area (Å²) >= 11 is 1.70. The zero-order chi connectivity index (χ0) is 15.2. The molecule has 1 atom stereocenters. The molecule has 6 heteroatoms. The highest BCUT2D eigenvalue weighted by molar-refractivity contribution is 7.99. The molecule has 1 aliphatic heterocycles. The van der Waals surface area contributed by atoms with E-state index in [-0.39, 0.29) is 11.9 Å². The number of amidine groups is 1. The van der Waals surface area contributed by atoms with Crippen LogP contribution in [0.25, 0.3) is 0 Å². The molecule has 1 aromatic rings. The van der Waals surface area contributed by atoms with Gasteiger partial charge in [-0.15, -0.1) is 11.8 Å². The number of morpholine rings is 1. The van der Waals surface area contributed by atoms with E-state index in [1.165, 1.54) is 0 Å². The summed E-state index contributed by atoms with van der Waals surface area (Å²) in [6, 6.07) is 6.08. The third-order valence-corrected chi connectivity index (χ3v) is 4.54. The lowest BCUT2D eigenvalue weighted by Gasteiger charge is -2.35. The molecule has 21 heavy (non-hydrogen) atoms. The second-order valence-electron chi connectivity index (χ2n) is 4.92. The van der Waals surface area contributed by atoms with Crippen molar-refractivity contribution in [3.63, 3.8) is 0 Å². The third-order valence-electron chi connectivity index (χ3n) is 3.60. The van der Waals surface area contributed by atoms with Crippen molar-refractivity contribution in [1.82, 2.24) is 0 Å². The Morgan fingerprint density at radius 1 is 1.52 bits per heavy atom. The fraction of sp³-hybridized carbons (Fsp3) is 0.533. The first kappa shape index (κ1) is 16.0. The third kappa shape index (κ3) is 3.63. The highest BCUT2D eigenvalue weighted by Gasteiger charge is 2.23. The summed E-state index contributed by atoms with van der Waals surface area (Å²) < 4.78 is 5.73. The quantitative estimate of drug-likeness (QED) is 0.287. The molecule has 0 spiro atoms. The van der Waals surface area contributed by atoms with Gasteiger partial charge < -0.3 is 20.6 Å². The van der Waals surface area contributed by atoms with E-state index in [9.17, 15) is 0 Å². The van der Waals surface area contributed by atoms with E-state index < -0.39 is 0 Å². The highest BCUT2D eigenvalue weighted by atomic mass is 32.2. The number of hydrogen-bond acceptors (Lipinski definition) is 5. The average Bonchev–Trinajstić information content (AvgIpc) is 2.54. The molecule has 1 aromatic carbocycles. The summed E-state index contributed by atoms with van der Waals surface area (Å²) in [6.07, 6.45) is 1.22. The summed E-state index contributed by atoms with van der Waals surface area (Å²) in [4.78, 5) is 3.31. The van der Waals surface area contributed by atoms with E-state index in [4.69, 9.17) is 15.7 Å². The molecule has 0 bridgehead atoms. The largest absolute Gasteiger partial charge is 0.409 e. The Hall–Kier alpha value is -1.40. The molecule has 0 saturated carbocycles. The number of hydrogen-bond donors (Lipinski definition) is 2. The monoisotopic (exact) mass is 309 g/mol. The van der Waals surface area contributed by atoms with Gasteiger partial charge in [0.1, 0.15) is 0 Å². The van der Waals surface area contributed by atoms with Crippen LogP contribution in [0.4, 0.5) is 5.69 Å². The summed E-state index contributed by atoms with van der Waals surface area (Å²) in [5.41, 5.74) is 7.77. The van der Waals surface area contributed by atoms with Crippen molar-refractivity contribution in [3.8, 4) is 0 Å². The standard InChI is InChI=1S/C15H23N3O2S/c1-3-11-10-18(8-9-20-11)12-6-5-7-13(21-4-2)14(12)15(16)17-19/h5-7,11,19H,3-4,8-10H2,1-2H3,(H2,16,17). The van der Waals surface area contributed by atoms with Gasteiger partial charge in [0.25, 0.3) is 0 Å². The maximum atomic E-state index is 9.11. The number of rotatable bonds is 5. The minimum atomic E-state index is 0.168. The Kier molecular flexibility index (Phi) is 5.76. The van der Waals surface area contributed by atoms with Crippen molar-refractivity contribution in [1.29, 1.82) is 0 Å². The van der Waals surface area contributed by atoms with Crippen LogP contribution in [0.3, 0.4) is 0 Å². The van der Waals surface area contributed by atoms with E-state index in [1.807, 2.05) is 18.2 Å². The molecule has 3 N–H and O–H groups in total. The van der Waals surface area contributed by atoms with Crippen molar-refractivity contribution in [2.75, 3.05) is 30.3 Å². The number of oxime groups is 1. The van der Waals surface area contributed by atoms with E-state index in [2.05, 4.69) is 23.9 Å². The topological polar surface area (TPSA) is 71.1 Å². The first-order chi connectivity index (χ1) is 10.2. The van der Waals surface area contributed by atoms with Gasteiger partial charge in [-0.25, -0.2) is 0 Å². The molecule has 0 aromatic heterocycles. The maximum Gasteiger partial charge on any atom is 0.173 e. The van der Waals surface area contributed by atoms with Crippen LogP contribution in [0.1, 0.15) is 25.8 Å². The first-order valence-corrected chi connectivity index (χ1v) is 8.30. The Morgan fingerprint density at radius 2 is 2.33 bits per heavy atom. The Labute approximate surface area is 130 Å². The molecule has 0 aliphatic carbocycles. The fourth-order valence-corrected chi connectivity index (χ4v) is 3.39. The van der Waals surface area contributed by atoms with Crippen molar-refractivity contribution in [2.24, 2.45) is 10.9 Å². The summed E-state index contributed by atoms with van der Waals surface area (Å²) in [6.45, 7) is 6.58. The van der Waals surface area contributed by atoms with Crippen LogP contribution in [0.2, 0.25) is 0 Å². The molecule has 0 radical (unpaired) electrons. The predicted molar refractivity (Wildman–Crippen MR) is 87.6 cm³/mol. The lowest BCUT2D eigenvalue weighted by atomic mass is 10.1. The molecule has 5 nitrogen and oxygen atoms in total. The van der Waals surface area contributed by atoms with Gasteiger partial charge in [0, 0.05) is 23.7 Å². The zero-order valence-electron chi connectivity index (χ0n) is 12.6. The van der Waals surface area contributed by atoms with Crippen molar-refractivity contribution in [2.45, 2.75) is 31.3 Å². The molecule has 2 rings (SSSR count). The molecule has 1 unspecified atom stereocenters. The average molecular weight is 309 g/mol. The molecule has 0 amide bonds. The lowest BCUT2D eigenvalue weighted by molar-refractivity contribution is 0.0384. The van der Waals surface area contributed by atoms with Crippen LogP contribution in [-0.4, -0.2) is 42.6 Å². The Bertz CT molecular complexity index is 508. The van der Waals surface area contributed by atoms with Crippen LogP contribution < -0.4 is 10.6 Å². The van der Waals surface area contributed by atoms with Gasteiger partial charge in [-0.05, 0) is 24.3 Å². The SMILES string of the molecule is CCSc1cccc(N2CCOC(CC)C2)c1/C(N)=N/O. The van der Waals surface area contributed by atoms with Crippen LogP contribution >= 0.6 is 11.8 Å². The van der Waals surface area contributed by atoms with Gasteiger partial charge in [-0.1, -0.05) is 25.1 Å². The van der Waals surface area contributed by atoms with Crippen LogP contribution in [0.5, 0.6) is 0 Å². The predicted octanol–water partition coefficient (Wildman–Crippen LogP) is 2.51. The lowest BCUT2D eigenvalue weighted by Crippen LogP contribution is -2.43. The molecular formula is C15H23N3O2S. The number of ether oxygens (including phenoxy) is 1. The van der Waals surface area contributed by atoms with Crippen molar-refractivity contribution < 1.29 is 9.94 Å². The summed E-state index contributed by atoms with van der Waals surface area (Å²) in [5, 5.41) is 12.3. The minimum Gasteiger partial charge on any atom is -0.409 e. The van der Waals surface area contributed by atoms with Gasteiger partial charge in [0.2, 0.25) is 0 Å². The van der Waals surface area contributed by atoms with Crippen LogP contribution in [0.15, 0.2) is 28.3 Å². The van der Waals surface area contributed by atoms with Gasteiger partial charge in [-0.2, -0.15) is 0 Å². The van der Waals surface area contributed by atoms with Crippen molar-refractivity contribution >= 4 is 23.3 Å². The van der Waals surface area contributed by atoms with E-state index in [1.54, 1.807) is 11.8 Å². The van der Waals surface area contributed by atoms with Crippen LogP contribution in [0, 0.1) is 0 Å². The van der Waals surface area contributed by atoms with Gasteiger partial charge in [-0.3, -0.25) is 0 Å². The number of anilines is 1. The smallest absolute Gasteiger partial charge is 0.173 e. The second-order valence-corrected chi connectivity index (χ2v) is 6.22. The molecule has 1 aliphatic rings. The molecule has 1 heterocycles. The van der Waals surface area contributed by atoms with Crippen LogP contribution in [-0.2, 0) is 4.74 Å². The van der Waals surface area contributed by atoms with E-state index >= 15 is 0 Å². The first-order valence-electron chi connectivity index (χ1n) is 7.31. The van der Waals surface area contributed by atoms with Gasteiger partial charge in [0.15, 0.2) is 5.84 Å². The van der Waals surface area contributed by atoms with Gasteiger partial charge in [0.05, 0.1) is 18.3 Å². The van der Waals surface area contributed by atoms with Crippen molar-refractivity contribution in [3.05, 3.63) is 23.8 Å². The van der Waals surface area contributed by atoms with E-state index in [0.29, 0.717) is 6.61 Å². The molecule has 116 valence electrons. The highest BCUT2D eigenvalue weighted by Crippen LogP contribution is 2.32. The fourth-order valence-electron chi connectivity index (χ4n) is 2.55. The maximum absolute atomic E-state index is 9.11. The number of benzene rings is 1. The zero-order valence-corrected chi connectivity index (χ0v) is 13.4. The van der Waals surface area contributed by atoms with E-state index in [0.717, 1.165) is 41.4 Å². The number of thioether (sulfide) groups is 1. The normalized spacial score (nSPS) is 19.8. The Balaban J connectivity index is 2.40. The number of nitrogens with zero attached hydrogens (tertiary/aromatic N) is 2. The molecule has 1 saturated heterocycles. The molecular weight excluding hydrogens is 286 g/mol. The van der Waals surface area contributed by atoms with Gasteiger partial charge >= 0.3 is 0 Å². The Morgan fingerprint density at radius 3 is 3.00 bits per heavy atom. The minimum absolute atomic E-state index is 0.168. The number of nitrogens with two attached hydrogens (primary N) is 1. The molecule has 1 fully saturated rings. The second kappa shape index (κ2) is 7.56.